The van der Waals surface area contributed by atoms with Gasteiger partial charge in [-0.2, -0.15) is 5.10 Å². The maximum absolute atomic E-state index is 4.63. The first-order valence-electron chi connectivity index (χ1n) is 9.59. The first-order valence-corrected chi connectivity index (χ1v) is 9.59. The van der Waals surface area contributed by atoms with Crippen molar-refractivity contribution in [2.24, 2.45) is 0 Å². The Labute approximate surface area is 163 Å². The maximum atomic E-state index is 4.63. The van der Waals surface area contributed by atoms with E-state index >= 15 is 0 Å². The van der Waals surface area contributed by atoms with E-state index in [0.29, 0.717) is 0 Å². The summed E-state index contributed by atoms with van der Waals surface area (Å²) in [6.45, 7) is 2.62. The van der Waals surface area contributed by atoms with Gasteiger partial charge in [0.05, 0.1) is 30.3 Å². The van der Waals surface area contributed by atoms with Gasteiger partial charge in [-0.25, -0.2) is 4.98 Å². The number of hydrogen-bond acceptors (Lipinski definition) is 4. The van der Waals surface area contributed by atoms with Crippen LogP contribution in [0.5, 0.6) is 0 Å². The lowest BCUT2D eigenvalue weighted by Crippen LogP contribution is -2.36. The van der Waals surface area contributed by atoms with Crippen LogP contribution in [0, 0.1) is 0 Å². The second-order valence-corrected chi connectivity index (χ2v) is 7.17. The monoisotopic (exact) mass is 370 g/mol. The highest BCUT2D eigenvalue weighted by molar-refractivity contribution is 5.30. The number of aromatic nitrogens is 5. The summed E-state index contributed by atoms with van der Waals surface area (Å²) in [5, 5.41) is 4.31. The SMILES string of the molecule is c1ccc(C2c3nc[nH]c3CCN2Cc2cccc(Cn3cccn3)c2)nc1. The molecule has 0 spiro atoms. The second kappa shape index (κ2) is 7.40. The summed E-state index contributed by atoms with van der Waals surface area (Å²) in [5.41, 5.74) is 5.91. The summed E-state index contributed by atoms with van der Waals surface area (Å²) in [6, 6.07) is 16.9. The minimum absolute atomic E-state index is 0.0750. The van der Waals surface area contributed by atoms with E-state index in [1.807, 2.05) is 41.5 Å². The molecule has 1 unspecified atom stereocenters. The van der Waals surface area contributed by atoms with Crippen molar-refractivity contribution in [3.63, 3.8) is 0 Å². The van der Waals surface area contributed by atoms with Crippen LogP contribution in [0.25, 0.3) is 0 Å². The zero-order valence-corrected chi connectivity index (χ0v) is 15.6. The molecule has 3 aromatic heterocycles. The number of aromatic amines is 1. The summed E-state index contributed by atoms with van der Waals surface area (Å²) in [5.74, 6) is 0. The summed E-state index contributed by atoms with van der Waals surface area (Å²) in [4.78, 5) is 15.0. The van der Waals surface area contributed by atoms with Gasteiger partial charge in [-0.15, -0.1) is 0 Å². The Hall–Kier alpha value is -3.25. The first kappa shape index (κ1) is 16.9. The smallest absolute Gasteiger partial charge is 0.0971 e. The van der Waals surface area contributed by atoms with Gasteiger partial charge in [0.15, 0.2) is 0 Å². The summed E-state index contributed by atoms with van der Waals surface area (Å²) >= 11 is 0. The molecule has 0 fully saturated rings. The van der Waals surface area contributed by atoms with Gasteiger partial charge in [0.1, 0.15) is 0 Å². The molecular weight excluding hydrogens is 348 g/mol. The van der Waals surface area contributed by atoms with Crippen LogP contribution in [0.15, 0.2) is 73.4 Å². The number of nitrogens with zero attached hydrogens (tertiary/aromatic N) is 5. The number of nitrogens with one attached hydrogen (secondary N) is 1. The Balaban J connectivity index is 1.42. The first-order chi connectivity index (χ1) is 13.9. The van der Waals surface area contributed by atoms with Gasteiger partial charge in [0.25, 0.3) is 0 Å². The van der Waals surface area contributed by atoms with Gasteiger partial charge >= 0.3 is 0 Å². The molecule has 1 atom stereocenters. The molecule has 1 aliphatic rings. The molecule has 4 heterocycles. The van der Waals surface area contributed by atoms with Crippen LogP contribution in [-0.2, 0) is 19.5 Å². The third kappa shape index (κ3) is 3.34. The van der Waals surface area contributed by atoms with Crippen molar-refractivity contribution in [3.8, 4) is 0 Å². The Morgan fingerprint density at radius 1 is 0.964 bits per heavy atom. The summed E-state index contributed by atoms with van der Waals surface area (Å²) in [6.07, 6.45) is 8.45. The predicted molar refractivity (Wildman–Crippen MR) is 107 cm³/mol. The predicted octanol–water partition coefficient (Wildman–Crippen LogP) is 3.20. The average Bonchev–Trinajstić information content (AvgIpc) is 3.40. The molecule has 0 amide bonds. The molecule has 4 aromatic rings. The minimum atomic E-state index is 0.0750. The molecule has 0 bridgehead atoms. The molecule has 6 nitrogen and oxygen atoms in total. The van der Waals surface area contributed by atoms with E-state index in [2.05, 4.69) is 55.3 Å². The summed E-state index contributed by atoms with van der Waals surface area (Å²) in [7, 11) is 0. The zero-order chi connectivity index (χ0) is 18.8. The second-order valence-electron chi connectivity index (χ2n) is 7.17. The Morgan fingerprint density at radius 2 is 1.89 bits per heavy atom. The van der Waals surface area contributed by atoms with E-state index in [1.54, 1.807) is 6.33 Å². The molecule has 1 aliphatic heterocycles. The van der Waals surface area contributed by atoms with Gasteiger partial charge in [-0.1, -0.05) is 30.3 Å². The largest absolute Gasteiger partial charge is 0.348 e. The quantitative estimate of drug-likeness (QED) is 0.586. The number of imidazole rings is 1. The standard InChI is InChI=1S/C22H22N6/c1-2-9-23-20(7-1)22-21-19(24-16-25-21)8-12-27(22)14-17-5-3-6-18(13-17)15-28-11-4-10-26-28/h1-7,9-11,13,16,22H,8,12,14-15H2,(H,24,25). The zero-order valence-electron chi connectivity index (χ0n) is 15.6. The van der Waals surface area contributed by atoms with Crippen LogP contribution in [-0.4, -0.2) is 36.2 Å². The molecule has 5 rings (SSSR count). The van der Waals surface area contributed by atoms with Crippen LogP contribution < -0.4 is 0 Å². The fourth-order valence-corrected chi connectivity index (χ4v) is 4.00. The van der Waals surface area contributed by atoms with Gasteiger partial charge in [-0.3, -0.25) is 14.6 Å². The van der Waals surface area contributed by atoms with Crippen molar-refractivity contribution in [2.75, 3.05) is 6.54 Å². The average molecular weight is 370 g/mol. The topological polar surface area (TPSA) is 62.6 Å². The fourth-order valence-electron chi connectivity index (χ4n) is 4.00. The number of H-pyrrole nitrogens is 1. The highest BCUT2D eigenvalue weighted by atomic mass is 15.3. The molecule has 0 radical (unpaired) electrons. The van der Waals surface area contributed by atoms with Gasteiger partial charge in [-0.05, 0) is 29.3 Å². The van der Waals surface area contributed by atoms with Crippen molar-refractivity contribution in [2.45, 2.75) is 25.6 Å². The van der Waals surface area contributed by atoms with E-state index in [0.717, 1.165) is 37.4 Å². The third-order valence-electron chi connectivity index (χ3n) is 5.27. The molecule has 28 heavy (non-hydrogen) atoms. The van der Waals surface area contributed by atoms with E-state index in [4.69, 9.17) is 0 Å². The van der Waals surface area contributed by atoms with E-state index in [-0.39, 0.29) is 6.04 Å². The lowest BCUT2D eigenvalue weighted by molar-refractivity contribution is 0.197. The lowest BCUT2D eigenvalue weighted by atomic mass is 9.98. The minimum Gasteiger partial charge on any atom is -0.348 e. The van der Waals surface area contributed by atoms with Crippen LogP contribution in [0.3, 0.4) is 0 Å². The Kier molecular flexibility index (Phi) is 4.47. The Morgan fingerprint density at radius 3 is 2.71 bits per heavy atom. The van der Waals surface area contributed by atoms with Gasteiger partial charge < -0.3 is 4.98 Å². The van der Waals surface area contributed by atoms with E-state index in [1.165, 1.54) is 16.8 Å². The normalized spacial score (nSPS) is 16.8. The van der Waals surface area contributed by atoms with Crippen LogP contribution >= 0.6 is 0 Å². The van der Waals surface area contributed by atoms with Gasteiger partial charge in [0.2, 0.25) is 0 Å². The molecule has 6 heteroatoms. The number of rotatable bonds is 5. The highest BCUT2D eigenvalue weighted by Crippen LogP contribution is 2.33. The number of hydrogen-bond donors (Lipinski definition) is 1. The van der Waals surface area contributed by atoms with Crippen molar-refractivity contribution in [3.05, 3.63) is 102 Å². The lowest BCUT2D eigenvalue weighted by Gasteiger charge is -2.34. The van der Waals surface area contributed by atoms with Crippen LogP contribution in [0.1, 0.15) is 34.3 Å². The van der Waals surface area contributed by atoms with Crippen LogP contribution in [0.4, 0.5) is 0 Å². The summed E-state index contributed by atoms with van der Waals surface area (Å²) < 4.78 is 1.95. The highest BCUT2D eigenvalue weighted by Gasteiger charge is 2.31. The van der Waals surface area contributed by atoms with Crippen molar-refractivity contribution >= 4 is 0 Å². The molecule has 1 N–H and O–H groups in total. The maximum Gasteiger partial charge on any atom is 0.0971 e. The molecule has 1 aromatic carbocycles. The molecular formula is C22H22N6. The van der Waals surface area contributed by atoms with Crippen molar-refractivity contribution < 1.29 is 0 Å². The number of pyridine rings is 1. The van der Waals surface area contributed by atoms with Crippen LogP contribution in [0.2, 0.25) is 0 Å². The fraction of sp³-hybridized carbons (Fsp3) is 0.227. The van der Waals surface area contributed by atoms with Crippen molar-refractivity contribution in [1.82, 2.24) is 29.6 Å². The van der Waals surface area contributed by atoms with E-state index in [9.17, 15) is 0 Å². The third-order valence-corrected chi connectivity index (χ3v) is 5.27. The number of benzene rings is 1. The Bertz CT molecular complexity index is 1040. The molecule has 0 aliphatic carbocycles. The van der Waals surface area contributed by atoms with Gasteiger partial charge in [0, 0.05) is 43.8 Å². The van der Waals surface area contributed by atoms with E-state index < -0.39 is 0 Å². The molecule has 0 saturated carbocycles. The number of fused-ring (bicyclic) bond motifs is 1. The van der Waals surface area contributed by atoms with Crippen molar-refractivity contribution in [1.29, 1.82) is 0 Å². The molecule has 140 valence electrons. The molecule has 0 saturated heterocycles.